The van der Waals surface area contributed by atoms with Gasteiger partial charge in [-0.15, -0.1) is 0 Å². The van der Waals surface area contributed by atoms with Crippen LogP contribution >= 0.6 is 0 Å². The molecule has 3 aliphatic carbocycles. The summed E-state index contributed by atoms with van der Waals surface area (Å²) in [5.41, 5.74) is 0. The molecular formula is C10H14O2. The number of ether oxygens (including phenoxy) is 2. The van der Waals surface area contributed by atoms with E-state index in [1.165, 1.54) is 19.3 Å². The van der Waals surface area contributed by atoms with E-state index in [1.807, 2.05) is 0 Å². The summed E-state index contributed by atoms with van der Waals surface area (Å²) in [6, 6.07) is 0. The molecule has 12 heavy (non-hydrogen) atoms. The number of fused-ring (bicyclic) bond motifs is 2. The second-order valence-electron chi connectivity index (χ2n) is 3.96. The molecule has 0 aromatic rings. The lowest BCUT2D eigenvalue weighted by Gasteiger charge is -2.49. The van der Waals surface area contributed by atoms with Gasteiger partial charge in [-0.1, -0.05) is 12.2 Å². The Balaban J connectivity index is 1.91. The lowest BCUT2D eigenvalue weighted by Crippen LogP contribution is -2.55. The first kappa shape index (κ1) is 7.10. The highest BCUT2D eigenvalue weighted by molar-refractivity contribution is 5.12. The minimum absolute atomic E-state index is 0.174. The van der Waals surface area contributed by atoms with Gasteiger partial charge < -0.3 is 9.47 Å². The number of rotatable bonds is 0. The van der Waals surface area contributed by atoms with Gasteiger partial charge in [0.05, 0.1) is 13.2 Å². The molecule has 66 valence electrons. The van der Waals surface area contributed by atoms with Crippen LogP contribution in [-0.4, -0.2) is 19.0 Å². The zero-order valence-electron chi connectivity index (χ0n) is 7.16. The van der Waals surface area contributed by atoms with Gasteiger partial charge in [0.15, 0.2) is 5.79 Å². The smallest absolute Gasteiger partial charge is 0.177 e. The van der Waals surface area contributed by atoms with Crippen LogP contribution < -0.4 is 0 Å². The first-order valence-corrected chi connectivity index (χ1v) is 4.86. The number of hydrogen-bond acceptors (Lipinski definition) is 2. The van der Waals surface area contributed by atoms with Crippen molar-refractivity contribution in [2.24, 2.45) is 11.8 Å². The van der Waals surface area contributed by atoms with E-state index >= 15 is 0 Å². The third kappa shape index (κ3) is 0.723. The van der Waals surface area contributed by atoms with Crippen molar-refractivity contribution in [3.63, 3.8) is 0 Å². The van der Waals surface area contributed by atoms with Crippen molar-refractivity contribution >= 4 is 0 Å². The molecule has 2 heteroatoms. The Morgan fingerprint density at radius 3 is 2.92 bits per heavy atom. The second kappa shape index (κ2) is 2.33. The Morgan fingerprint density at radius 1 is 1.25 bits per heavy atom. The van der Waals surface area contributed by atoms with E-state index in [1.54, 1.807) is 0 Å². The molecule has 2 fully saturated rings. The van der Waals surface area contributed by atoms with Gasteiger partial charge in [0.1, 0.15) is 0 Å². The summed E-state index contributed by atoms with van der Waals surface area (Å²) < 4.78 is 11.5. The van der Waals surface area contributed by atoms with Crippen LogP contribution in [0, 0.1) is 11.8 Å². The molecular weight excluding hydrogens is 152 g/mol. The average molecular weight is 166 g/mol. The summed E-state index contributed by atoms with van der Waals surface area (Å²) in [6.45, 7) is 1.58. The van der Waals surface area contributed by atoms with E-state index in [9.17, 15) is 0 Å². The van der Waals surface area contributed by atoms with Gasteiger partial charge in [-0.05, 0) is 19.3 Å². The van der Waals surface area contributed by atoms with Crippen molar-refractivity contribution in [3.8, 4) is 0 Å². The van der Waals surface area contributed by atoms with Crippen molar-refractivity contribution in [2.45, 2.75) is 25.0 Å². The molecule has 2 nitrogen and oxygen atoms in total. The van der Waals surface area contributed by atoms with Crippen LogP contribution in [0.1, 0.15) is 19.3 Å². The van der Waals surface area contributed by atoms with Gasteiger partial charge in [-0.2, -0.15) is 0 Å². The fourth-order valence-corrected chi connectivity index (χ4v) is 2.76. The zero-order chi connectivity index (χ0) is 8.02. The van der Waals surface area contributed by atoms with E-state index in [-0.39, 0.29) is 5.79 Å². The Kier molecular flexibility index (Phi) is 1.38. The van der Waals surface area contributed by atoms with Crippen LogP contribution in [0.4, 0.5) is 0 Å². The SMILES string of the molecule is C1=CC2CC(CC1)C21OCCO1. The maximum atomic E-state index is 5.75. The lowest BCUT2D eigenvalue weighted by molar-refractivity contribution is -0.276. The topological polar surface area (TPSA) is 18.5 Å². The highest BCUT2D eigenvalue weighted by atomic mass is 16.7. The van der Waals surface area contributed by atoms with Gasteiger partial charge in [0.25, 0.3) is 0 Å². The summed E-state index contributed by atoms with van der Waals surface area (Å²) in [7, 11) is 0. The molecule has 1 heterocycles. The normalized spacial score (nSPS) is 42.7. The standard InChI is InChI=1S/C10H14O2/c1-2-4-9-7-8(3-1)10(9)11-5-6-12-10/h1,3,8-9H,2,4-7H2. The van der Waals surface area contributed by atoms with Crippen LogP contribution in [0.25, 0.3) is 0 Å². The molecule has 1 aliphatic heterocycles. The predicted molar refractivity (Wildman–Crippen MR) is 44.6 cm³/mol. The largest absolute Gasteiger partial charge is 0.347 e. The van der Waals surface area contributed by atoms with Crippen LogP contribution in [0.15, 0.2) is 12.2 Å². The Morgan fingerprint density at radius 2 is 2.08 bits per heavy atom. The molecule has 2 bridgehead atoms. The average Bonchev–Trinajstić information content (AvgIpc) is 2.38. The van der Waals surface area contributed by atoms with E-state index in [2.05, 4.69) is 12.2 Å². The number of hydrogen-bond donors (Lipinski definition) is 0. The van der Waals surface area contributed by atoms with E-state index in [0.717, 1.165) is 13.2 Å². The van der Waals surface area contributed by atoms with Crippen molar-refractivity contribution in [1.82, 2.24) is 0 Å². The molecule has 2 atom stereocenters. The fourth-order valence-electron chi connectivity index (χ4n) is 2.76. The highest BCUT2D eigenvalue weighted by Gasteiger charge is 2.58. The van der Waals surface area contributed by atoms with E-state index in [0.29, 0.717) is 11.8 Å². The van der Waals surface area contributed by atoms with Crippen LogP contribution in [0.3, 0.4) is 0 Å². The first-order valence-electron chi connectivity index (χ1n) is 4.86. The maximum absolute atomic E-state index is 5.75. The van der Waals surface area contributed by atoms with E-state index in [4.69, 9.17) is 9.47 Å². The lowest BCUT2D eigenvalue weighted by atomic mass is 9.68. The minimum Gasteiger partial charge on any atom is -0.347 e. The number of allylic oxidation sites excluding steroid dienone is 1. The molecule has 1 saturated carbocycles. The van der Waals surface area contributed by atoms with Gasteiger partial charge >= 0.3 is 0 Å². The van der Waals surface area contributed by atoms with Crippen LogP contribution in [0.2, 0.25) is 0 Å². The molecule has 4 rings (SSSR count). The second-order valence-corrected chi connectivity index (χ2v) is 3.96. The molecule has 4 aliphatic rings. The van der Waals surface area contributed by atoms with Crippen molar-refractivity contribution in [1.29, 1.82) is 0 Å². The molecule has 0 aromatic carbocycles. The third-order valence-electron chi connectivity index (χ3n) is 3.41. The van der Waals surface area contributed by atoms with Gasteiger partial charge in [0, 0.05) is 11.8 Å². The Bertz CT molecular complexity index is 214. The fraction of sp³-hybridized carbons (Fsp3) is 0.800. The minimum atomic E-state index is -0.174. The molecule has 1 spiro atoms. The maximum Gasteiger partial charge on any atom is 0.177 e. The first-order chi connectivity index (χ1) is 5.92. The molecule has 1 saturated heterocycles. The molecule has 0 amide bonds. The summed E-state index contributed by atoms with van der Waals surface area (Å²) in [5, 5.41) is 0. The Labute approximate surface area is 72.5 Å². The van der Waals surface area contributed by atoms with Crippen molar-refractivity contribution in [3.05, 3.63) is 12.2 Å². The Hall–Kier alpha value is -0.340. The van der Waals surface area contributed by atoms with Gasteiger partial charge in [-0.25, -0.2) is 0 Å². The van der Waals surface area contributed by atoms with Crippen molar-refractivity contribution < 1.29 is 9.47 Å². The predicted octanol–water partition coefficient (Wildman–Crippen LogP) is 1.72. The van der Waals surface area contributed by atoms with E-state index < -0.39 is 0 Å². The van der Waals surface area contributed by atoms with Gasteiger partial charge in [0.2, 0.25) is 0 Å². The molecule has 2 unspecified atom stereocenters. The monoisotopic (exact) mass is 166 g/mol. The molecule has 0 N–H and O–H groups in total. The summed E-state index contributed by atoms with van der Waals surface area (Å²) in [6.07, 6.45) is 8.29. The van der Waals surface area contributed by atoms with Crippen molar-refractivity contribution in [2.75, 3.05) is 13.2 Å². The van der Waals surface area contributed by atoms with Crippen LogP contribution in [-0.2, 0) is 9.47 Å². The zero-order valence-corrected chi connectivity index (χ0v) is 7.16. The van der Waals surface area contributed by atoms with Crippen LogP contribution in [0.5, 0.6) is 0 Å². The molecule has 0 aromatic heterocycles. The summed E-state index contributed by atoms with van der Waals surface area (Å²) in [4.78, 5) is 0. The quantitative estimate of drug-likeness (QED) is 0.510. The third-order valence-corrected chi connectivity index (χ3v) is 3.41. The summed E-state index contributed by atoms with van der Waals surface area (Å²) in [5.74, 6) is 1.04. The van der Waals surface area contributed by atoms with Gasteiger partial charge in [-0.3, -0.25) is 0 Å². The molecule has 0 radical (unpaired) electrons. The summed E-state index contributed by atoms with van der Waals surface area (Å²) >= 11 is 0. The highest BCUT2D eigenvalue weighted by Crippen LogP contribution is 2.54.